The van der Waals surface area contributed by atoms with Crippen molar-refractivity contribution in [2.45, 2.75) is 38.2 Å². The van der Waals surface area contributed by atoms with Crippen molar-refractivity contribution in [2.24, 2.45) is 0 Å². The fourth-order valence-electron chi connectivity index (χ4n) is 1.49. The third-order valence-corrected chi connectivity index (χ3v) is 2.75. The largest absolute Gasteiger partial charge is 0.384 e. The van der Waals surface area contributed by atoms with E-state index in [0.717, 1.165) is 5.69 Å². The maximum Gasteiger partial charge on any atom is 0.102 e. The highest BCUT2D eigenvalue weighted by molar-refractivity contribution is 6.31. The molecule has 1 fully saturated rings. The molecule has 2 rings (SSSR count). The topological polar surface area (TPSA) is 33.1 Å². The van der Waals surface area contributed by atoms with Crippen molar-refractivity contribution in [1.29, 1.82) is 0 Å². The van der Waals surface area contributed by atoms with Crippen molar-refractivity contribution in [3.63, 3.8) is 0 Å². The fourth-order valence-corrected chi connectivity index (χ4v) is 1.83. The van der Waals surface area contributed by atoms with Crippen LogP contribution in [-0.4, -0.2) is 10.1 Å². The predicted molar refractivity (Wildman–Crippen MR) is 56.5 cm³/mol. The van der Waals surface area contributed by atoms with Gasteiger partial charge in [-0.15, -0.1) is 0 Å². The van der Waals surface area contributed by atoms with Crippen LogP contribution in [-0.2, 0) is 5.60 Å². The van der Waals surface area contributed by atoms with Gasteiger partial charge in [0.1, 0.15) is 5.60 Å². The monoisotopic (exact) mass is 211 g/mol. The highest BCUT2D eigenvalue weighted by Crippen LogP contribution is 2.40. The summed E-state index contributed by atoms with van der Waals surface area (Å²) in [6.07, 6.45) is 2.42. The van der Waals surface area contributed by atoms with Gasteiger partial charge in [-0.25, -0.2) is 0 Å². The maximum absolute atomic E-state index is 9.85. The molecule has 2 nitrogen and oxygen atoms in total. The van der Waals surface area contributed by atoms with Crippen LogP contribution in [0.3, 0.4) is 0 Å². The minimum Gasteiger partial charge on any atom is -0.384 e. The van der Waals surface area contributed by atoms with Crippen LogP contribution < -0.4 is 0 Å². The molecule has 0 unspecified atom stereocenters. The fraction of sp³-hybridized carbons (Fsp3) is 0.545. The van der Waals surface area contributed by atoms with Crippen LogP contribution in [0.1, 0.15) is 44.0 Å². The Labute approximate surface area is 88.9 Å². The van der Waals surface area contributed by atoms with E-state index in [1.165, 1.54) is 12.8 Å². The van der Waals surface area contributed by atoms with Gasteiger partial charge in [0.15, 0.2) is 0 Å². The molecule has 0 radical (unpaired) electrons. The SMILES string of the molecule is CC(C)(O)c1nc(C2CC2)ccc1Cl. The summed E-state index contributed by atoms with van der Waals surface area (Å²) in [7, 11) is 0. The zero-order valence-corrected chi connectivity index (χ0v) is 9.17. The molecule has 0 saturated heterocycles. The average Bonchev–Trinajstić information content (AvgIpc) is 2.85. The van der Waals surface area contributed by atoms with Crippen molar-refractivity contribution in [2.75, 3.05) is 0 Å². The molecule has 0 amide bonds. The molecule has 14 heavy (non-hydrogen) atoms. The zero-order valence-electron chi connectivity index (χ0n) is 8.42. The Bertz CT molecular complexity index is 353. The first kappa shape index (κ1) is 9.94. The average molecular weight is 212 g/mol. The van der Waals surface area contributed by atoms with E-state index in [-0.39, 0.29) is 0 Å². The van der Waals surface area contributed by atoms with Gasteiger partial charge in [-0.2, -0.15) is 0 Å². The van der Waals surface area contributed by atoms with Crippen LogP contribution in [0.2, 0.25) is 5.02 Å². The van der Waals surface area contributed by atoms with Gasteiger partial charge in [-0.05, 0) is 38.8 Å². The molecule has 3 heteroatoms. The van der Waals surface area contributed by atoms with Crippen LogP contribution in [0.5, 0.6) is 0 Å². The first-order chi connectivity index (χ1) is 6.48. The Kier molecular flexibility index (Phi) is 2.28. The molecule has 1 aliphatic carbocycles. The summed E-state index contributed by atoms with van der Waals surface area (Å²) >= 11 is 5.98. The number of rotatable bonds is 2. The maximum atomic E-state index is 9.85. The van der Waals surface area contributed by atoms with Gasteiger partial charge in [0.25, 0.3) is 0 Å². The van der Waals surface area contributed by atoms with Crippen molar-refractivity contribution >= 4 is 11.6 Å². The van der Waals surface area contributed by atoms with E-state index < -0.39 is 5.60 Å². The minimum absolute atomic E-state index is 0.543. The van der Waals surface area contributed by atoms with E-state index in [9.17, 15) is 5.11 Å². The summed E-state index contributed by atoms with van der Waals surface area (Å²) in [5.74, 6) is 0.591. The lowest BCUT2D eigenvalue weighted by Crippen LogP contribution is -2.18. The Balaban J connectivity index is 2.41. The van der Waals surface area contributed by atoms with Crippen LogP contribution in [0.4, 0.5) is 0 Å². The second-order valence-corrected chi connectivity index (χ2v) is 4.81. The van der Waals surface area contributed by atoms with Gasteiger partial charge in [0.2, 0.25) is 0 Å². The second kappa shape index (κ2) is 3.21. The van der Waals surface area contributed by atoms with Crippen LogP contribution in [0.25, 0.3) is 0 Å². The summed E-state index contributed by atoms with van der Waals surface area (Å²) < 4.78 is 0. The molecule has 1 aromatic rings. The highest BCUT2D eigenvalue weighted by Gasteiger charge is 2.28. The second-order valence-electron chi connectivity index (χ2n) is 4.40. The van der Waals surface area contributed by atoms with Gasteiger partial charge in [-0.3, -0.25) is 4.98 Å². The lowest BCUT2D eigenvalue weighted by atomic mass is 10.0. The Morgan fingerprint density at radius 3 is 2.57 bits per heavy atom. The Morgan fingerprint density at radius 1 is 1.43 bits per heavy atom. The normalized spacial score (nSPS) is 17.1. The third-order valence-electron chi connectivity index (χ3n) is 2.44. The highest BCUT2D eigenvalue weighted by atomic mass is 35.5. The molecule has 1 saturated carbocycles. The summed E-state index contributed by atoms with van der Waals surface area (Å²) in [6.45, 7) is 3.41. The minimum atomic E-state index is -0.956. The molecule has 0 spiro atoms. The smallest absolute Gasteiger partial charge is 0.102 e. The number of aromatic nitrogens is 1. The van der Waals surface area contributed by atoms with Gasteiger partial charge < -0.3 is 5.11 Å². The molecule has 1 aromatic heterocycles. The zero-order chi connectivity index (χ0) is 10.3. The molecular formula is C11H14ClNO. The number of nitrogens with zero attached hydrogens (tertiary/aromatic N) is 1. The van der Waals surface area contributed by atoms with Crippen molar-refractivity contribution in [3.05, 3.63) is 28.5 Å². The van der Waals surface area contributed by atoms with Crippen LogP contribution in [0.15, 0.2) is 12.1 Å². The molecule has 1 heterocycles. The molecule has 0 aromatic carbocycles. The van der Waals surface area contributed by atoms with Gasteiger partial charge in [-0.1, -0.05) is 11.6 Å². The first-order valence-electron chi connectivity index (χ1n) is 4.88. The molecule has 0 atom stereocenters. The number of hydrogen-bond acceptors (Lipinski definition) is 2. The molecular weight excluding hydrogens is 198 g/mol. The summed E-state index contributed by atoms with van der Waals surface area (Å²) in [5.41, 5.74) is 0.692. The van der Waals surface area contributed by atoms with Gasteiger partial charge in [0.05, 0.1) is 10.7 Å². The van der Waals surface area contributed by atoms with Crippen molar-refractivity contribution in [1.82, 2.24) is 4.98 Å². The van der Waals surface area contributed by atoms with Crippen LogP contribution in [0, 0.1) is 0 Å². The number of hydrogen-bond donors (Lipinski definition) is 1. The number of aliphatic hydroxyl groups is 1. The standard InChI is InChI=1S/C11H14ClNO/c1-11(2,14)10-8(12)5-6-9(13-10)7-3-4-7/h5-7,14H,3-4H2,1-2H3. The van der Waals surface area contributed by atoms with E-state index in [4.69, 9.17) is 11.6 Å². The first-order valence-corrected chi connectivity index (χ1v) is 5.25. The summed E-state index contributed by atoms with van der Waals surface area (Å²) in [4.78, 5) is 4.42. The Hall–Kier alpha value is -0.600. The van der Waals surface area contributed by atoms with E-state index in [2.05, 4.69) is 4.98 Å². The van der Waals surface area contributed by atoms with E-state index in [1.54, 1.807) is 13.8 Å². The van der Waals surface area contributed by atoms with Crippen molar-refractivity contribution in [3.8, 4) is 0 Å². The van der Waals surface area contributed by atoms with E-state index in [1.807, 2.05) is 12.1 Å². The molecule has 0 aliphatic heterocycles. The number of pyridine rings is 1. The molecule has 1 N–H and O–H groups in total. The van der Waals surface area contributed by atoms with Crippen molar-refractivity contribution < 1.29 is 5.11 Å². The molecule has 76 valence electrons. The van der Waals surface area contributed by atoms with E-state index in [0.29, 0.717) is 16.6 Å². The predicted octanol–water partition coefficient (Wildman–Crippen LogP) is 2.84. The summed E-state index contributed by atoms with van der Waals surface area (Å²) in [5, 5.41) is 10.4. The lowest BCUT2D eigenvalue weighted by Gasteiger charge is -2.18. The van der Waals surface area contributed by atoms with Gasteiger partial charge in [0, 0.05) is 11.6 Å². The third kappa shape index (κ3) is 1.91. The number of halogens is 1. The molecule has 1 aliphatic rings. The quantitative estimate of drug-likeness (QED) is 0.816. The Morgan fingerprint density at radius 2 is 2.07 bits per heavy atom. The van der Waals surface area contributed by atoms with Gasteiger partial charge >= 0.3 is 0 Å². The summed E-state index contributed by atoms with van der Waals surface area (Å²) in [6, 6.07) is 3.78. The lowest BCUT2D eigenvalue weighted by molar-refractivity contribution is 0.0737. The van der Waals surface area contributed by atoms with Crippen LogP contribution >= 0.6 is 11.6 Å². The molecule has 0 bridgehead atoms. The van der Waals surface area contributed by atoms with E-state index >= 15 is 0 Å².